The Bertz CT molecular complexity index is 1990. The molecular formula is C36H34N6O6. The van der Waals surface area contributed by atoms with Crippen molar-refractivity contribution in [1.29, 1.82) is 0 Å². The van der Waals surface area contributed by atoms with Crippen LogP contribution < -0.4 is 22.1 Å². The molecule has 244 valence electrons. The fourth-order valence-electron chi connectivity index (χ4n) is 5.20. The lowest BCUT2D eigenvalue weighted by atomic mass is 10.1. The van der Waals surface area contributed by atoms with Crippen molar-refractivity contribution in [2.24, 2.45) is 0 Å². The van der Waals surface area contributed by atoms with Gasteiger partial charge in [0.25, 0.3) is 22.9 Å². The first-order chi connectivity index (χ1) is 23.3. The molecule has 48 heavy (non-hydrogen) atoms. The number of fused-ring (bicyclic) bond motifs is 2. The van der Waals surface area contributed by atoms with Gasteiger partial charge in [0.15, 0.2) is 0 Å². The summed E-state index contributed by atoms with van der Waals surface area (Å²) in [5, 5.41) is 17.4. The number of aromatic nitrogens is 4. The molecule has 0 saturated heterocycles. The minimum atomic E-state index is -0.615. The third kappa shape index (κ3) is 8.63. The average molecular weight is 647 g/mol. The molecule has 2 aromatic heterocycles. The van der Waals surface area contributed by atoms with Crippen LogP contribution in [0.25, 0.3) is 22.1 Å². The van der Waals surface area contributed by atoms with Crippen molar-refractivity contribution < 1.29 is 20.0 Å². The van der Waals surface area contributed by atoms with E-state index in [1.807, 2.05) is 36.4 Å². The topological polar surface area (TPSA) is 190 Å². The van der Waals surface area contributed by atoms with Crippen molar-refractivity contribution >= 4 is 33.9 Å². The van der Waals surface area contributed by atoms with Gasteiger partial charge in [-0.15, -0.1) is 0 Å². The van der Waals surface area contributed by atoms with Crippen LogP contribution in [0, 0.1) is 0 Å². The van der Waals surface area contributed by atoms with Crippen LogP contribution in [-0.2, 0) is 25.7 Å². The van der Waals surface area contributed by atoms with E-state index in [4.69, 9.17) is 10.4 Å². The van der Waals surface area contributed by atoms with Gasteiger partial charge in [-0.25, -0.2) is 20.9 Å². The highest BCUT2D eigenvalue weighted by molar-refractivity contribution is 5.97. The lowest BCUT2D eigenvalue weighted by Gasteiger charge is -2.05. The van der Waals surface area contributed by atoms with Gasteiger partial charge in [-0.2, -0.15) is 0 Å². The molecule has 4 aromatic carbocycles. The lowest BCUT2D eigenvalue weighted by Crippen LogP contribution is -2.19. The Labute approximate surface area is 274 Å². The fourth-order valence-corrected chi connectivity index (χ4v) is 5.20. The summed E-state index contributed by atoms with van der Waals surface area (Å²) in [6, 6.07) is 29.4. The van der Waals surface area contributed by atoms with E-state index in [0.29, 0.717) is 46.3 Å². The number of aromatic amines is 2. The Hall–Kier alpha value is -5.98. The third-order valence-electron chi connectivity index (χ3n) is 7.70. The fraction of sp³-hybridized carbons (Fsp3) is 0.167. The molecule has 2 heterocycles. The van der Waals surface area contributed by atoms with Crippen molar-refractivity contribution in [1.82, 2.24) is 30.9 Å². The Kier molecular flexibility index (Phi) is 11.1. The first-order valence-corrected chi connectivity index (χ1v) is 15.4. The molecule has 6 rings (SSSR count). The summed E-state index contributed by atoms with van der Waals surface area (Å²) >= 11 is 0. The standard InChI is InChI=1S/2C18H17N3O3/c2*22-17(21-24)13-9-10-14-16(11-13)19-15(18(23)20-14)8-4-7-12-5-2-1-3-6-12/h2*1-3,5-6,9-11,24H,4,7-8H2,(H,20,23)(H,21,22). The number of hydrogen-bond donors (Lipinski definition) is 6. The summed E-state index contributed by atoms with van der Waals surface area (Å²) in [4.78, 5) is 61.5. The zero-order valence-corrected chi connectivity index (χ0v) is 25.9. The summed E-state index contributed by atoms with van der Waals surface area (Å²) in [6.45, 7) is 0. The zero-order valence-electron chi connectivity index (χ0n) is 25.9. The third-order valence-corrected chi connectivity index (χ3v) is 7.70. The summed E-state index contributed by atoms with van der Waals surface area (Å²) in [5.74, 6) is -1.23. The lowest BCUT2D eigenvalue weighted by molar-refractivity contribution is 0.0702. The second-order valence-electron chi connectivity index (χ2n) is 11.0. The molecule has 2 amide bonds. The van der Waals surface area contributed by atoms with Gasteiger partial charge >= 0.3 is 0 Å². The number of carbonyl (C=O) groups excluding carboxylic acids is 2. The van der Waals surface area contributed by atoms with E-state index in [0.717, 1.165) is 25.7 Å². The summed E-state index contributed by atoms with van der Waals surface area (Å²) in [7, 11) is 0. The molecule has 12 heteroatoms. The van der Waals surface area contributed by atoms with Gasteiger partial charge in [-0.05, 0) is 86.1 Å². The first kappa shape index (κ1) is 33.4. The molecule has 0 saturated carbocycles. The van der Waals surface area contributed by atoms with E-state index >= 15 is 0 Å². The predicted molar refractivity (Wildman–Crippen MR) is 180 cm³/mol. The van der Waals surface area contributed by atoms with Crippen molar-refractivity contribution in [3.8, 4) is 0 Å². The summed E-state index contributed by atoms with van der Waals surface area (Å²) < 4.78 is 0. The molecule has 0 unspecified atom stereocenters. The van der Waals surface area contributed by atoms with Crippen LogP contribution in [-0.4, -0.2) is 42.2 Å². The largest absolute Gasteiger partial charge is 0.319 e. The molecule has 0 bridgehead atoms. The van der Waals surface area contributed by atoms with E-state index in [1.165, 1.54) is 35.4 Å². The molecule has 12 nitrogen and oxygen atoms in total. The Morgan fingerprint density at radius 3 is 1.33 bits per heavy atom. The van der Waals surface area contributed by atoms with Crippen LogP contribution in [0.5, 0.6) is 0 Å². The predicted octanol–water partition coefficient (Wildman–Crippen LogP) is 4.43. The van der Waals surface area contributed by atoms with E-state index < -0.39 is 11.8 Å². The minimum Gasteiger partial charge on any atom is -0.319 e. The number of hydroxylamine groups is 2. The SMILES string of the molecule is O=C(NO)c1ccc2[nH]c(=O)c(CCCc3ccccc3)nc2c1.O=C(NO)c1ccc2[nH]c(=O)c(CCCc3ccccc3)nc2c1. The molecule has 0 aliphatic carbocycles. The van der Waals surface area contributed by atoms with E-state index in [9.17, 15) is 19.2 Å². The Morgan fingerprint density at radius 1 is 0.562 bits per heavy atom. The number of rotatable bonds is 10. The second kappa shape index (κ2) is 16.0. The van der Waals surface area contributed by atoms with Gasteiger partial charge in [-0.1, -0.05) is 60.7 Å². The van der Waals surface area contributed by atoms with E-state index in [2.05, 4.69) is 44.2 Å². The van der Waals surface area contributed by atoms with Crippen LogP contribution in [0.4, 0.5) is 0 Å². The highest BCUT2D eigenvalue weighted by atomic mass is 16.5. The number of nitrogens with one attached hydrogen (secondary N) is 4. The van der Waals surface area contributed by atoms with Crippen LogP contribution in [0.3, 0.4) is 0 Å². The van der Waals surface area contributed by atoms with Crippen LogP contribution >= 0.6 is 0 Å². The normalized spacial score (nSPS) is 10.7. The first-order valence-electron chi connectivity index (χ1n) is 15.4. The van der Waals surface area contributed by atoms with E-state index in [1.54, 1.807) is 23.1 Å². The van der Waals surface area contributed by atoms with Gasteiger partial charge in [-0.3, -0.25) is 29.6 Å². The molecule has 6 aromatic rings. The van der Waals surface area contributed by atoms with Gasteiger partial charge in [0.2, 0.25) is 0 Å². The molecule has 0 spiro atoms. The molecule has 0 atom stereocenters. The van der Waals surface area contributed by atoms with Crippen molar-refractivity contribution in [3.05, 3.63) is 151 Å². The highest BCUT2D eigenvalue weighted by Crippen LogP contribution is 2.14. The number of amides is 2. The van der Waals surface area contributed by atoms with Gasteiger partial charge < -0.3 is 9.97 Å². The van der Waals surface area contributed by atoms with Crippen LogP contribution in [0.1, 0.15) is 56.1 Å². The summed E-state index contributed by atoms with van der Waals surface area (Å²) in [5.41, 5.74) is 8.78. The maximum absolute atomic E-state index is 12.1. The number of hydrogen-bond acceptors (Lipinski definition) is 8. The quantitative estimate of drug-likeness (QED) is 0.0930. The Morgan fingerprint density at radius 2 is 0.958 bits per heavy atom. The molecule has 6 N–H and O–H groups in total. The van der Waals surface area contributed by atoms with Crippen molar-refractivity contribution in [3.63, 3.8) is 0 Å². The number of H-pyrrole nitrogens is 2. The average Bonchev–Trinajstić information content (AvgIpc) is 3.12. The molecule has 0 fully saturated rings. The second-order valence-corrected chi connectivity index (χ2v) is 11.0. The number of benzene rings is 4. The van der Waals surface area contributed by atoms with E-state index in [-0.39, 0.29) is 22.2 Å². The highest BCUT2D eigenvalue weighted by Gasteiger charge is 2.11. The van der Waals surface area contributed by atoms with Crippen molar-refractivity contribution in [2.75, 3.05) is 0 Å². The zero-order chi connectivity index (χ0) is 33.9. The Balaban J connectivity index is 0.000000188. The van der Waals surface area contributed by atoms with Gasteiger partial charge in [0.1, 0.15) is 11.4 Å². The number of nitrogens with zero attached hydrogens (tertiary/aromatic N) is 2. The molecule has 0 aliphatic heterocycles. The maximum atomic E-state index is 12.1. The molecule has 0 aliphatic rings. The maximum Gasteiger partial charge on any atom is 0.274 e. The van der Waals surface area contributed by atoms with Crippen molar-refractivity contribution in [2.45, 2.75) is 38.5 Å². The molecular weight excluding hydrogens is 612 g/mol. The number of aryl methyl sites for hydroxylation is 4. The number of carbonyl (C=O) groups is 2. The van der Waals surface area contributed by atoms with Crippen LogP contribution in [0.2, 0.25) is 0 Å². The monoisotopic (exact) mass is 646 g/mol. The van der Waals surface area contributed by atoms with Crippen LogP contribution in [0.15, 0.2) is 107 Å². The summed E-state index contributed by atoms with van der Waals surface area (Å²) in [6.07, 6.45) is 4.46. The van der Waals surface area contributed by atoms with Gasteiger partial charge in [0.05, 0.1) is 22.1 Å². The minimum absolute atomic E-state index is 0.213. The molecule has 0 radical (unpaired) electrons. The smallest absolute Gasteiger partial charge is 0.274 e. The van der Waals surface area contributed by atoms with Gasteiger partial charge in [0, 0.05) is 11.1 Å².